The van der Waals surface area contributed by atoms with Gasteiger partial charge in [-0.1, -0.05) is 62.1 Å². The molecule has 7 heteroatoms. The molecule has 1 aromatic heterocycles. The van der Waals surface area contributed by atoms with Gasteiger partial charge in [-0.25, -0.2) is 0 Å². The highest BCUT2D eigenvalue weighted by Crippen LogP contribution is 2.34. The van der Waals surface area contributed by atoms with Crippen LogP contribution in [0.1, 0.15) is 80.1 Å². The first-order valence-corrected chi connectivity index (χ1v) is 18.7. The van der Waals surface area contributed by atoms with Crippen molar-refractivity contribution < 1.29 is 9.53 Å². The number of aromatic nitrogens is 1. The minimum absolute atomic E-state index is 0.110. The molecule has 3 aliphatic heterocycles. The Balaban J connectivity index is 0.733. The number of aliphatic imine (C=N–C) groups is 1. The summed E-state index contributed by atoms with van der Waals surface area (Å²) in [5, 5.41) is 2.75. The Labute approximate surface area is 286 Å². The van der Waals surface area contributed by atoms with E-state index in [4.69, 9.17) is 4.74 Å². The zero-order valence-corrected chi connectivity index (χ0v) is 28.9. The molecule has 0 radical (unpaired) electrons. The fourth-order valence-corrected chi connectivity index (χ4v) is 8.04. The highest BCUT2D eigenvalue weighted by atomic mass is 16.5. The first-order valence-electron chi connectivity index (χ1n) is 18.7. The van der Waals surface area contributed by atoms with Crippen LogP contribution in [0.25, 0.3) is 21.8 Å². The number of carbonyl (C=O) groups is 1. The van der Waals surface area contributed by atoms with Crippen molar-refractivity contribution in [2.45, 2.75) is 83.7 Å². The van der Waals surface area contributed by atoms with Crippen molar-refractivity contribution >= 4 is 39.6 Å². The first kappa shape index (κ1) is 32.8. The number of fused-ring (bicyclic) bond motifs is 5. The molecule has 1 amide bonds. The van der Waals surface area contributed by atoms with Gasteiger partial charge in [-0.3, -0.25) is 9.79 Å². The number of unbranched alkanes of at least 4 members (excludes halogenated alkanes) is 6. The molecule has 3 aliphatic rings. The molecule has 7 rings (SSSR count). The third kappa shape index (κ3) is 7.47. The van der Waals surface area contributed by atoms with Crippen LogP contribution in [0.3, 0.4) is 0 Å². The Kier molecular flexibility index (Phi) is 10.7. The van der Waals surface area contributed by atoms with Gasteiger partial charge in [0, 0.05) is 73.4 Å². The minimum Gasteiger partial charge on any atom is -0.493 e. The number of amides is 1. The molecule has 0 saturated carbocycles. The summed E-state index contributed by atoms with van der Waals surface area (Å²) in [6.07, 6.45) is 13.9. The van der Waals surface area contributed by atoms with Crippen LogP contribution in [0.5, 0.6) is 5.75 Å². The van der Waals surface area contributed by atoms with E-state index in [2.05, 4.69) is 67.9 Å². The summed E-state index contributed by atoms with van der Waals surface area (Å²) >= 11 is 0. The van der Waals surface area contributed by atoms with Gasteiger partial charge >= 0.3 is 0 Å². The van der Waals surface area contributed by atoms with Gasteiger partial charge in [-0.2, -0.15) is 0 Å². The van der Waals surface area contributed by atoms with Gasteiger partial charge in [0.25, 0.3) is 5.91 Å². The maximum atomic E-state index is 13.0. The van der Waals surface area contributed by atoms with E-state index in [-0.39, 0.29) is 11.9 Å². The first-order chi connectivity index (χ1) is 23.7. The summed E-state index contributed by atoms with van der Waals surface area (Å²) in [6, 6.07) is 21.8. The van der Waals surface area contributed by atoms with Gasteiger partial charge in [0.1, 0.15) is 5.75 Å². The van der Waals surface area contributed by atoms with E-state index in [1.54, 1.807) is 0 Å². The van der Waals surface area contributed by atoms with Crippen LogP contribution in [0.4, 0.5) is 5.69 Å². The van der Waals surface area contributed by atoms with Gasteiger partial charge in [0.05, 0.1) is 23.9 Å². The molecule has 0 bridgehead atoms. The monoisotopic (exact) mass is 647 g/mol. The van der Waals surface area contributed by atoms with E-state index in [9.17, 15) is 4.79 Å². The van der Waals surface area contributed by atoms with Crippen molar-refractivity contribution in [3.05, 3.63) is 71.8 Å². The van der Waals surface area contributed by atoms with E-state index < -0.39 is 0 Å². The second-order valence-corrected chi connectivity index (χ2v) is 14.2. The highest BCUT2D eigenvalue weighted by molar-refractivity contribution is 6.08. The third-order valence-corrected chi connectivity index (χ3v) is 10.8. The molecule has 1 atom stereocenters. The Morgan fingerprint density at radius 2 is 1.33 bits per heavy atom. The maximum Gasteiger partial charge on any atom is 0.256 e. The predicted octanol–water partition coefficient (Wildman–Crippen LogP) is 8.24. The van der Waals surface area contributed by atoms with Gasteiger partial charge in [-0.05, 0) is 82.3 Å². The molecule has 254 valence electrons. The Morgan fingerprint density at radius 3 is 2.00 bits per heavy atom. The third-order valence-electron chi connectivity index (χ3n) is 10.8. The second kappa shape index (κ2) is 15.7. The summed E-state index contributed by atoms with van der Waals surface area (Å²) in [4.78, 5) is 25.0. The van der Waals surface area contributed by atoms with Crippen molar-refractivity contribution in [1.82, 2.24) is 19.3 Å². The van der Waals surface area contributed by atoms with E-state index in [0.717, 1.165) is 49.4 Å². The number of aryl methyl sites for hydroxylation is 2. The van der Waals surface area contributed by atoms with Crippen molar-refractivity contribution in [2.24, 2.45) is 4.99 Å². The van der Waals surface area contributed by atoms with Crippen LogP contribution in [-0.4, -0.2) is 89.9 Å². The number of nitrogens with zero attached hydrogens (tertiary/aromatic N) is 5. The Bertz CT molecular complexity index is 1670. The molecule has 0 unspecified atom stereocenters. The SMILES string of the molecule is Cc1cc2c(cc1OCCCCCCN1CCN(CCCCCCn3c4ccccc4c4ccccc43)CC1)N=C[C@@H]1CCCN1C2=O. The maximum absolute atomic E-state index is 13.0. The van der Waals surface area contributed by atoms with Crippen molar-refractivity contribution in [1.29, 1.82) is 0 Å². The number of rotatable bonds is 15. The van der Waals surface area contributed by atoms with Gasteiger partial charge in [-0.15, -0.1) is 0 Å². The predicted molar refractivity (Wildman–Crippen MR) is 198 cm³/mol. The van der Waals surface area contributed by atoms with E-state index in [1.807, 2.05) is 30.2 Å². The van der Waals surface area contributed by atoms with Crippen molar-refractivity contribution in [3.8, 4) is 5.75 Å². The summed E-state index contributed by atoms with van der Waals surface area (Å²) in [5.41, 5.74) is 5.22. The molecule has 0 aliphatic carbocycles. The zero-order chi connectivity index (χ0) is 32.7. The highest BCUT2D eigenvalue weighted by Gasteiger charge is 2.32. The molecule has 0 N–H and O–H groups in total. The molecule has 2 fully saturated rings. The lowest BCUT2D eigenvalue weighted by molar-refractivity contribution is 0.0774. The molecular formula is C41H53N5O2. The Morgan fingerprint density at radius 1 is 0.729 bits per heavy atom. The van der Waals surface area contributed by atoms with E-state index in [1.165, 1.54) is 106 Å². The number of hydrogen-bond acceptors (Lipinski definition) is 5. The fourth-order valence-electron chi connectivity index (χ4n) is 8.04. The standard InChI is InChI=1S/C41H53N5O2/c1-32-29-36-37(42-31-33-15-14-23-45(33)41(36)47)30-40(32)48-28-13-5-4-11-21-44-26-24-43(25-27-44)20-10-2-3-12-22-46-38-18-8-6-16-34(38)35-17-7-9-19-39(35)46/h6-9,16-19,29-31,33H,2-5,10-15,20-28H2,1H3/t33-/m0/s1. The summed E-state index contributed by atoms with van der Waals surface area (Å²) in [5.74, 6) is 0.970. The molecule has 7 nitrogen and oxygen atoms in total. The summed E-state index contributed by atoms with van der Waals surface area (Å²) in [6.45, 7) is 12.0. The number of hydrogen-bond donors (Lipinski definition) is 0. The zero-order valence-electron chi connectivity index (χ0n) is 28.9. The second-order valence-electron chi connectivity index (χ2n) is 14.2. The smallest absolute Gasteiger partial charge is 0.256 e. The fraction of sp³-hybridized carbons (Fsp3) is 0.512. The average molecular weight is 648 g/mol. The number of piperazine rings is 1. The minimum atomic E-state index is 0.110. The van der Waals surface area contributed by atoms with Gasteiger partial charge in [0.15, 0.2) is 0 Å². The van der Waals surface area contributed by atoms with Crippen molar-refractivity contribution in [3.63, 3.8) is 0 Å². The normalized spacial score (nSPS) is 18.5. The Hall–Kier alpha value is -3.68. The van der Waals surface area contributed by atoms with Crippen LogP contribution in [0, 0.1) is 6.92 Å². The molecule has 2 saturated heterocycles. The van der Waals surface area contributed by atoms with Crippen LogP contribution in [-0.2, 0) is 6.54 Å². The van der Waals surface area contributed by atoms with Gasteiger partial charge in [0.2, 0.25) is 0 Å². The lowest BCUT2D eigenvalue weighted by atomic mass is 10.1. The number of ether oxygens (including phenoxy) is 1. The topological polar surface area (TPSA) is 53.3 Å². The quantitative estimate of drug-likeness (QED) is 0.122. The van der Waals surface area contributed by atoms with Crippen LogP contribution < -0.4 is 4.74 Å². The number of carbonyl (C=O) groups excluding carboxylic acids is 1. The van der Waals surface area contributed by atoms with E-state index >= 15 is 0 Å². The van der Waals surface area contributed by atoms with Crippen LogP contribution >= 0.6 is 0 Å². The number of para-hydroxylation sites is 2. The lowest BCUT2D eigenvalue weighted by Gasteiger charge is -2.34. The molecule has 4 heterocycles. The largest absolute Gasteiger partial charge is 0.493 e. The summed E-state index contributed by atoms with van der Waals surface area (Å²) in [7, 11) is 0. The molecule has 3 aromatic carbocycles. The summed E-state index contributed by atoms with van der Waals surface area (Å²) < 4.78 is 8.69. The van der Waals surface area contributed by atoms with Crippen LogP contribution in [0.15, 0.2) is 65.7 Å². The van der Waals surface area contributed by atoms with Crippen LogP contribution in [0.2, 0.25) is 0 Å². The molecule has 4 aromatic rings. The van der Waals surface area contributed by atoms with Gasteiger partial charge < -0.3 is 24.0 Å². The molecule has 48 heavy (non-hydrogen) atoms. The van der Waals surface area contributed by atoms with E-state index in [0.29, 0.717) is 12.2 Å². The molecule has 0 spiro atoms. The molecular weight excluding hydrogens is 594 g/mol. The average Bonchev–Trinajstić information content (AvgIpc) is 3.69. The number of benzene rings is 3. The van der Waals surface area contributed by atoms with Crippen molar-refractivity contribution in [2.75, 3.05) is 52.4 Å². The lowest BCUT2D eigenvalue weighted by Crippen LogP contribution is -2.46.